The monoisotopic (exact) mass is 499 g/mol. The summed E-state index contributed by atoms with van der Waals surface area (Å²) in [5.74, 6) is 0.887. The van der Waals surface area contributed by atoms with Gasteiger partial charge in [0.05, 0.1) is 6.54 Å². The number of halogens is 1. The van der Waals surface area contributed by atoms with Gasteiger partial charge in [0.15, 0.2) is 5.96 Å². The maximum Gasteiger partial charge on any atom is 0.191 e. The van der Waals surface area contributed by atoms with Crippen molar-refractivity contribution in [3.63, 3.8) is 0 Å². The number of nitrogens with zero attached hydrogens (tertiary/aromatic N) is 3. The predicted molar refractivity (Wildman–Crippen MR) is 133 cm³/mol. The summed E-state index contributed by atoms with van der Waals surface area (Å²) >= 11 is 0. The smallest absolute Gasteiger partial charge is 0.191 e. The zero-order valence-electron chi connectivity index (χ0n) is 18.1. The van der Waals surface area contributed by atoms with E-state index in [-0.39, 0.29) is 24.0 Å². The number of benzene rings is 1. The molecule has 1 aromatic carbocycles. The van der Waals surface area contributed by atoms with E-state index < -0.39 is 0 Å². The summed E-state index contributed by atoms with van der Waals surface area (Å²) in [7, 11) is 0. The third-order valence-corrected chi connectivity index (χ3v) is 4.85. The molecule has 0 radical (unpaired) electrons. The average molecular weight is 499 g/mol. The Labute approximate surface area is 188 Å². The van der Waals surface area contributed by atoms with Gasteiger partial charge < -0.3 is 15.5 Å². The van der Waals surface area contributed by atoms with E-state index in [9.17, 15) is 0 Å². The lowest BCUT2D eigenvalue weighted by Crippen LogP contribution is -2.45. The van der Waals surface area contributed by atoms with E-state index in [0.717, 1.165) is 38.7 Å². The van der Waals surface area contributed by atoms with E-state index in [1.165, 1.54) is 11.3 Å². The molecule has 1 aliphatic heterocycles. The highest BCUT2D eigenvalue weighted by Crippen LogP contribution is 2.18. The van der Waals surface area contributed by atoms with Gasteiger partial charge in [0.2, 0.25) is 0 Å². The van der Waals surface area contributed by atoms with Crippen molar-refractivity contribution in [2.24, 2.45) is 4.99 Å². The Bertz CT molecular complexity index is 611. The van der Waals surface area contributed by atoms with Crippen molar-refractivity contribution >= 4 is 35.6 Å². The lowest BCUT2D eigenvalue weighted by atomic mass is 10.2. The Kier molecular flexibility index (Phi) is 11.5. The first kappa shape index (κ1) is 24.8. The fourth-order valence-corrected chi connectivity index (χ4v) is 3.47. The third-order valence-electron chi connectivity index (χ3n) is 4.85. The largest absolute Gasteiger partial charge is 0.364 e. The minimum Gasteiger partial charge on any atom is -0.364 e. The maximum atomic E-state index is 4.78. The van der Waals surface area contributed by atoms with Gasteiger partial charge in [-0.1, -0.05) is 24.3 Å². The van der Waals surface area contributed by atoms with E-state index in [2.05, 4.69) is 91.5 Å². The number of guanidine groups is 1. The van der Waals surface area contributed by atoms with Crippen LogP contribution in [0.5, 0.6) is 0 Å². The summed E-state index contributed by atoms with van der Waals surface area (Å²) in [6.07, 6.45) is 4.44. The molecule has 0 fully saturated rings. The van der Waals surface area contributed by atoms with E-state index in [1.807, 2.05) is 0 Å². The summed E-state index contributed by atoms with van der Waals surface area (Å²) in [5.41, 5.74) is 2.51. The molecule has 2 rings (SSSR count). The molecule has 6 heteroatoms. The molecule has 0 unspecified atom stereocenters. The average Bonchev–Trinajstić information content (AvgIpc) is 3.17. The molecule has 0 amide bonds. The molecule has 0 atom stereocenters. The number of anilines is 1. The van der Waals surface area contributed by atoms with Crippen LogP contribution < -0.4 is 15.5 Å². The van der Waals surface area contributed by atoms with Crippen molar-refractivity contribution in [2.75, 3.05) is 37.6 Å². The Morgan fingerprint density at radius 1 is 1.11 bits per heavy atom. The van der Waals surface area contributed by atoms with Gasteiger partial charge in [-0.05, 0) is 52.3 Å². The summed E-state index contributed by atoms with van der Waals surface area (Å²) in [6.45, 7) is 16.6. The van der Waals surface area contributed by atoms with Gasteiger partial charge in [-0.15, -0.1) is 24.0 Å². The Morgan fingerprint density at radius 3 is 2.39 bits per heavy atom. The van der Waals surface area contributed by atoms with Crippen LogP contribution in [0.3, 0.4) is 0 Å². The maximum absolute atomic E-state index is 4.78. The van der Waals surface area contributed by atoms with Crippen LogP contribution >= 0.6 is 24.0 Å². The number of rotatable bonds is 9. The standard InChI is InChI=1S/C22H37N5.HI/c1-6-23-22(24-12-15-27(18(2)3)19(4)5)25-17-20-10-9-11-21(16-20)26-13-7-8-14-26;/h7-11,16,18-19H,6,12-15,17H2,1-5H3,(H2,23,24,25);1H. The highest BCUT2D eigenvalue weighted by atomic mass is 127. The second-order valence-corrected chi connectivity index (χ2v) is 7.59. The van der Waals surface area contributed by atoms with Crippen LogP contribution in [0, 0.1) is 0 Å². The van der Waals surface area contributed by atoms with Crippen LogP contribution in [0.4, 0.5) is 5.69 Å². The van der Waals surface area contributed by atoms with Gasteiger partial charge in [-0.3, -0.25) is 4.90 Å². The van der Waals surface area contributed by atoms with Gasteiger partial charge in [-0.25, -0.2) is 4.99 Å². The lowest BCUT2D eigenvalue weighted by Gasteiger charge is -2.30. The highest BCUT2D eigenvalue weighted by Gasteiger charge is 2.12. The molecule has 1 heterocycles. The molecular formula is C22H38IN5. The summed E-state index contributed by atoms with van der Waals surface area (Å²) in [5, 5.41) is 6.83. The van der Waals surface area contributed by atoms with Crippen LogP contribution in [-0.4, -0.2) is 55.7 Å². The summed E-state index contributed by atoms with van der Waals surface area (Å²) in [4.78, 5) is 9.63. The van der Waals surface area contributed by atoms with E-state index in [0.29, 0.717) is 18.6 Å². The van der Waals surface area contributed by atoms with Gasteiger partial charge in [0.1, 0.15) is 0 Å². The van der Waals surface area contributed by atoms with Crippen LogP contribution in [0.2, 0.25) is 0 Å². The van der Waals surface area contributed by atoms with E-state index >= 15 is 0 Å². The van der Waals surface area contributed by atoms with Crippen molar-refractivity contribution in [1.29, 1.82) is 0 Å². The van der Waals surface area contributed by atoms with Gasteiger partial charge in [-0.2, -0.15) is 0 Å². The first-order valence-electron chi connectivity index (χ1n) is 10.3. The van der Waals surface area contributed by atoms with Crippen molar-refractivity contribution in [3.8, 4) is 0 Å². The number of aliphatic imine (C=N–C) groups is 1. The third kappa shape index (κ3) is 7.99. The lowest BCUT2D eigenvalue weighted by molar-refractivity contribution is 0.178. The summed E-state index contributed by atoms with van der Waals surface area (Å²) < 4.78 is 0. The molecule has 0 bridgehead atoms. The second kappa shape index (κ2) is 13.0. The minimum absolute atomic E-state index is 0. The molecule has 158 valence electrons. The van der Waals surface area contributed by atoms with Gasteiger partial charge >= 0.3 is 0 Å². The number of hydrogen-bond donors (Lipinski definition) is 2. The van der Waals surface area contributed by atoms with Crippen LogP contribution in [0.25, 0.3) is 0 Å². The van der Waals surface area contributed by atoms with Crippen molar-refractivity contribution < 1.29 is 0 Å². The number of hydrogen-bond acceptors (Lipinski definition) is 3. The normalized spacial score (nSPS) is 14.1. The van der Waals surface area contributed by atoms with Crippen molar-refractivity contribution in [2.45, 2.75) is 53.2 Å². The van der Waals surface area contributed by atoms with Gasteiger partial charge in [0, 0.05) is 50.5 Å². The quantitative estimate of drug-likeness (QED) is 0.235. The fourth-order valence-electron chi connectivity index (χ4n) is 3.47. The predicted octanol–water partition coefficient (Wildman–Crippen LogP) is 3.85. The minimum atomic E-state index is 0. The molecule has 0 saturated heterocycles. The molecule has 28 heavy (non-hydrogen) atoms. The second-order valence-electron chi connectivity index (χ2n) is 7.59. The van der Waals surface area contributed by atoms with Crippen molar-refractivity contribution in [1.82, 2.24) is 15.5 Å². The van der Waals surface area contributed by atoms with Crippen LogP contribution in [0.15, 0.2) is 41.4 Å². The Balaban J connectivity index is 0.00000392. The van der Waals surface area contributed by atoms with Crippen LogP contribution in [-0.2, 0) is 6.54 Å². The molecule has 1 aliphatic rings. The molecule has 0 aromatic heterocycles. The molecule has 2 N–H and O–H groups in total. The molecule has 5 nitrogen and oxygen atoms in total. The van der Waals surface area contributed by atoms with Crippen LogP contribution in [0.1, 0.15) is 40.2 Å². The SMILES string of the molecule is CCNC(=NCc1cccc(N2CC=CC2)c1)NCCN(C(C)C)C(C)C.I. The van der Waals surface area contributed by atoms with E-state index in [1.54, 1.807) is 0 Å². The first-order chi connectivity index (χ1) is 13.0. The molecule has 0 saturated carbocycles. The fraction of sp³-hybridized carbons (Fsp3) is 0.591. The first-order valence-corrected chi connectivity index (χ1v) is 10.3. The molecule has 1 aromatic rings. The molecule has 0 aliphatic carbocycles. The molecule has 0 spiro atoms. The Morgan fingerprint density at radius 2 is 1.79 bits per heavy atom. The summed E-state index contributed by atoms with van der Waals surface area (Å²) in [6, 6.07) is 9.81. The topological polar surface area (TPSA) is 42.9 Å². The Hall–Kier alpha value is -1.28. The molecular weight excluding hydrogens is 461 g/mol. The zero-order chi connectivity index (χ0) is 19.6. The number of nitrogens with one attached hydrogen (secondary N) is 2. The van der Waals surface area contributed by atoms with E-state index in [4.69, 9.17) is 4.99 Å². The highest BCUT2D eigenvalue weighted by molar-refractivity contribution is 14.0. The van der Waals surface area contributed by atoms with Gasteiger partial charge in [0.25, 0.3) is 0 Å². The van der Waals surface area contributed by atoms with Crippen molar-refractivity contribution in [3.05, 3.63) is 42.0 Å². The zero-order valence-corrected chi connectivity index (χ0v) is 20.4.